The monoisotopic (exact) mass is 222 g/mol. The van der Waals surface area contributed by atoms with Gasteiger partial charge in [-0.25, -0.2) is 0 Å². The maximum atomic E-state index is 3.79. The van der Waals surface area contributed by atoms with E-state index in [9.17, 15) is 0 Å². The molecule has 1 saturated heterocycles. The molecule has 3 fully saturated rings. The van der Waals surface area contributed by atoms with Crippen LogP contribution in [0.5, 0.6) is 0 Å². The fourth-order valence-electron chi connectivity index (χ4n) is 3.63. The third kappa shape index (κ3) is 2.60. The largest absolute Gasteiger partial charge is 0.309 e. The highest BCUT2D eigenvalue weighted by atomic mass is 15.2. The van der Waals surface area contributed by atoms with Gasteiger partial charge in [-0.3, -0.25) is 0 Å². The van der Waals surface area contributed by atoms with Crippen molar-refractivity contribution in [3.63, 3.8) is 0 Å². The van der Waals surface area contributed by atoms with Crippen LogP contribution >= 0.6 is 0 Å². The molecule has 3 rings (SSSR count). The first-order valence-electron chi connectivity index (χ1n) is 7.34. The Labute approximate surface area is 99.8 Å². The van der Waals surface area contributed by atoms with Crippen LogP contribution in [-0.2, 0) is 0 Å². The summed E-state index contributed by atoms with van der Waals surface area (Å²) in [6.07, 6.45) is 11.7. The number of nitrogens with zero attached hydrogens (tertiary/aromatic N) is 1. The Balaban J connectivity index is 1.43. The number of rotatable bonds is 4. The van der Waals surface area contributed by atoms with Gasteiger partial charge in [0.1, 0.15) is 0 Å². The topological polar surface area (TPSA) is 15.3 Å². The molecular formula is C14H26N2. The number of nitrogens with one attached hydrogen (secondary N) is 1. The summed E-state index contributed by atoms with van der Waals surface area (Å²) in [6.45, 7) is 5.20. The van der Waals surface area contributed by atoms with Crippen LogP contribution < -0.4 is 5.32 Å². The highest BCUT2D eigenvalue weighted by Crippen LogP contribution is 2.34. The van der Waals surface area contributed by atoms with Crippen LogP contribution in [0.4, 0.5) is 0 Å². The summed E-state index contributed by atoms with van der Waals surface area (Å²) in [4.78, 5) is 2.73. The van der Waals surface area contributed by atoms with E-state index in [-0.39, 0.29) is 0 Å². The molecule has 0 bridgehead atoms. The first-order chi connectivity index (χ1) is 7.86. The molecule has 0 aromatic rings. The molecule has 2 saturated carbocycles. The fraction of sp³-hybridized carbons (Fsp3) is 1.00. The Bertz CT molecular complexity index is 229. The molecule has 1 spiro atoms. The molecule has 0 aromatic carbocycles. The lowest BCUT2D eigenvalue weighted by Crippen LogP contribution is -2.59. The molecule has 92 valence electrons. The van der Waals surface area contributed by atoms with Crippen LogP contribution in [0, 0.1) is 5.92 Å². The van der Waals surface area contributed by atoms with E-state index >= 15 is 0 Å². The van der Waals surface area contributed by atoms with Gasteiger partial charge in [-0.2, -0.15) is 0 Å². The Morgan fingerprint density at radius 2 is 2.00 bits per heavy atom. The second-order valence-corrected chi connectivity index (χ2v) is 6.28. The summed E-state index contributed by atoms with van der Waals surface area (Å²) in [5, 5.41) is 3.79. The van der Waals surface area contributed by atoms with Gasteiger partial charge in [-0.15, -0.1) is 0 Å². The van der Waals surface area contributed by atoms with Crippen molar-refractivity contribution < 1.29 is 0 Å². The van der Waals surface area contributed by atoms with Crippen molar-refractivity contribution in [2.45, 2.75) is 56.9 Å². The Morgan fingerprint density at radius 3 is 2.75 bits per heavy atom. The lowest BCUT2D eigenvalue weighted by molar-refractivity contribution is 0.132. The van der Waals surface area contributed by atoms with Crippen LogP contribution in [0.15, 0.2) is 0 Å². The quantitative estimate of drug-likeness (QED) is 0.786. The SMILES string of the molecule is C(CC1CC1)CN1CCNC2(CCCC2)C1. The maximum Gasteiger partial charge on any atom is 0.0309 e. The third-order valence-corrected chi connectivity index (χ3v) is 4.80. The van der Waals surface area contributed by atoms with E-state index in [4.69, 9.17) is 0 Å². The van der Waals surface area contributed by atoms with Gasteiger partial charge in [-0.1, -0.05) is 25.7 Å². The summed E-state index contributed by atoms with van der Waals surface area (Å²) in [6, 6.07) is 0. The van der Waals surface area contributed by atoms with E-state index in [1.807, 2.05) is 0 Å². The van der Waals surface area contributed by atoms with Crippen LogP contribution in [-0.4, -0.2) is 36.6 Å². The van der Waals surface area contributed by atoms with Crippen LogP contribution in [0.3, 0.4) is 0 Å². The predicted octanol–water partition coefficient (Wildman–Crippen LogP) is 2.39. The number of piperazine rings is 1. The van der Waals surface area contributed by atoms with Gasteiger partial charge in [0.15, 0.2) is 0 Å². The number of hydrogen-bond donors (Lipinski definition) is 1. The van der Waals surface area contributed by atoms with Crippen LogP contribution in [0.25, 0.3) is 0 Å². The van der Waals surface area contributed by atoms with Gasteiger partial charge in [0.25, 0.3) is 0 Å². The molecular weight excluding hydrogens is 196 g/mol. The molecule has 3 aliphatic rings. The van der Waals surface area contributed by atoms with E-state index in [1.165, 1.54) is 77.5 Å². The van der Waals surface area contributed by atoms with E-state index in [2.05, 4.69) is 10.2 Å². The van der Waals surface area contributed by atoms with E-state index < -0.39 is 0 Å². The summed E-state index contributed by atoms with van der Waals surface area (Å²) >= 11 is 0. The normalized spacial score (nSPS) is 30.0. The first-order valence-corrected chi connectivity index (χ1v) is 7.34. The number of hydrogen-bond acceptors (Lipinski definition) is 2. The van der Waals surface area contributed by atoms with Crippen molar-refractivity contribution in [2.75, 3.05) is 26.2 Å². The predicted molar refractivity (Wildman–Crippen MR) is 67.6 cm³/mol. The molecule has 2 aliphatic carbocycles. The lowest BCUT2D eigenvalue weighted by atomic mass is 9.94. The van der Waals surface area contributed by atoms with E-state index in [0.29, 0.717) is 5.54 Å². The van der Waals surface area contributed by atoms with Crippen molar-refractivity contribution in [2.24, 2.45) is 5.92 Å². The van der Waals surface area contributed by atoms with Crippen molar-refractivity contribution in [1.82, 2.24) is 10.2 Å². The first kappa shape index (κ1) is 11.0. The highest BCUT2D eigenvalue weighted by Gasteiger charge is 2.37. The van der Waals surface area contributed by atoms with Gasteiger partial charge < -0.3 is 10.2 Å². The van der Waals surface area contributed by atoms with Gasteiger partial charge in [0.2, 0.25) is 0 Å². The Kier molecular flexibility index (Phi) is 3.21. The minimum absolute atomic E-state index is 0.526. The molecule has 16 heavy (non-hydrogen) atoms. The van der Waals surface area contributed by atoms with Crippen LogP contribution in [0.2, 0.25) is 0 Å². The summed E-state index contributed by atoms with van der Waals surface area (Å²) in [5.74, 6) is 1.11. The minimum Gasteiger partial charge on any atom is -0.309 e. The lowest BCUT2D eigenvalue weighted by Gasteiger charge is -2.41. The fourth-order valence-corrected chi connectivity index (χ4v) is 3.63. The standard InChI is InChI=1S/C14H26N2/c1-2-8-14(7-1)12-16(11-9-15-14)10-3-4-13-5-6-13/h13,15H,1-12H2. The van der Waals surface area contributed by atoms with E-state index in [0.717, 1.165) is 5.92 Å². The Hall–Kier alpha value is -0.0800. The van der Waals surface area contributed by atoms with Crippen molar-refractivity contribution >= 4 is 0 Å². The molecule has 1 aliphatic heterocycles. The van der Waals surface area contributed by atoms with Crippen LogP contribution in [0.1, 0.15) is 51.4 Å². The van der Waals surface area contributed by atoms with Gasteiger partial charge in [-0.05, 0) is 38.1 Å². The zero-order chi connectivity index (χ0) is 10.8. The van der Waals surface area contributed by atoms with Gasteiger partial charge >= 0.3 is 0 Å². The highest BCUT2D eigenvalue weighted by molar-refractivity contribution is 4.98. The molecule has 2 heteroatoms. The summed E-state index contributed by atoms with van der Waals surface area (Å²) in [5.41, 5.74) is 0.526. The zero-order valence-corrected chi connectivity index (χ0v) is 10.5. The van der Waals surface area contributed by atoms with Crippen molar-refractivity contribution in [3.05, 3.63) is 0 Å². The summed E-state index contributed by atoms with van der Waals surface area (Å²) < 4.78 is 0. The van der Waals surface area contributed by atoms with Crippen molar-refractivity contribution in [1.29, 1.82) is 0 Å². The molecule has 2 nitrogen and oxygen atoms in total. The molecule has 0 unspecified atom stereocenters. The van der Waals surface area contributed by atoms with E-state index in [1.54, 1.807) is 0 Å². The van der Waals surface area contributed by atoms with Crippen molar-refractivity contribution in [3.8, 4) is 0 Å². The van der Waals surface area contributed by atoms with Gasteiger partial charge in [0.05, 0.1) is 0 Å². The average molecular weight is 222 g/mol. The van der Waals surface area contributed by atoms with Gasteiger partial charge in [0, 0.05) is 25.2 Å². The molecule has 1 heterocycles. The third-order valence-electron chi connectivity index (χ3n) is 4.80. The second-order valence-electron chi connectivity index (χ2n) is 6.28. The summed E-state index contributed by atoms with van der Waals surface area (Å²) in [7, 11) is 0. The molecule has 0 radical (unpaired) electrons. The smallest absolute Gasteiger partial charge is 0.0309 e. The average Bonchev–Trinajstić information content (AvgIpc) is 3.01. The molecule has 1 N–H and O–H groups in total. The maximum absolute atomic E-state index is 3.79. The molecule has 0 atom stereocenters. The molecule has 0 amide bonds. The molecule has 0 aromatic heterocycles. The Morgan fingerprint density at radius 1 is 1.19 bits per heavy atom. The zero-order valence-electron chi connectivity index (χ0n) is 10.5. The second kappa shape index (κ2) is 4.66. The minimum atomic E-state index is 0.526.